The lowest BCUT2D eigenvalue weighted by atomic mass is 9.74. The normalized spacial score (nSPS) is 22.1. The molecule has 0 aliphatic carbocycles. The van der Waals surface area contributed by atoms with Gasteiger partial charge in [-0.05, 0) is 31.2 Å². The Balaban J connectivity index is 1.59. The van der Waals surface area contributed by atoms with Gasteiger partial charge in [-0.15, -0.1) is 0 Å². The van der Waals surface area contributed by atoms with Crippen molar-refractivity contribution in [1.29, 1.82) is 0 Å². The minimum absolute atomic E-state index is 0.184. The molecule has 0 atom stereocenters. The van der Waals surface area contributed by atoms with Gasteiger partial charge in [-0.2, -0.15) is 0 Å². The molecule has 0 aromatic heterocycles. The molecule has 19 heavy (non-hydrogen) atoms. The highest BCUT2D eigenvalue weighted by Gasteiger charge is 2.54. The van der Waals surface area contributed by atoms with Crippen LogP contribution in [0.1, 0.15) is 6.92 Å². The van der Waals surface area contributed by atoms with Crippen LogP contribution in [0.4, 0.5) is 11.4 Å². The maximum Gasteiger partial charge on any atom is 0.213 e. The predicted molar refractivity (Wildman–Crippen MR) is 76.5 cm³/mol. The summed E-state index contributed by atoms with van der Waals surface area (Å²) in [6.07, 6.45) is 0. The third kappa shape index (κ3) is 2.08. The molecule has 2 fully saturated rings. The fraction of sp³-hybridized carbons (Fsp3) is 0.538. The molecular formula is C13H19N3O2S. The Morgan fingerprint density at radius 2 is 1.74 bits per heavy atom. The molecular weight excluding hydrogens is 262 g/mol. The van der Waals surface area contributed by atoms with Gasteiger partial charge >= 0.3 is 0 Å². The van der Waals surface area contributed by atoms with Gasteiger partial charge in [-0.1, -0.05) is 0 Å². The molecule has 0 amide bonds. The number of rotatable bonds is 3. The zero-order chi connectivity index (χ0) is 13.7. The molecule has 0 radical (unpaired) electrons. The van der Waals surface area contributed by atoms with Crippen molar-refractivity contribution in [3.63, 3.8) is 0 Å². The lowest BCUT2D eigenvalue weighted by Crippen LogP contribution is -2.73. The third-order valence-corrected chi connectivity index (χ3v) is 5.87. The Bertz CT molecular complexity index is 568. The highest BCUT2D eigenvalue weighted by atomic mass is 32.2. The van der Waals surface area contributed by atoms with Crippen LogP contribution in [-0.2, 0) is 10.0 Å². The number of anilines is 2. The molecule has 0 saturated carbocycles. The van der Waals surface area contributed by atoms with Crippen LogP contribution in [-0.4, -0.2) is 44.7 Å². The predicted octanol–water partition coefficient (Wildman–Crippen LogP) is 0.740. The lowest BCUT2D eigenvalue weighted by Gasteiger charge is -2.60. The molecule has 2 aliphatic heterocycles. The Labute approximate surface area is 114 Å². The molecule has 1 aromatic carbocycles. The smallest absolute Gasteiger partial charge is 0.213 e. The monoisotopic (exact) mass is 281 g/mol. The minimum atomic E-state index is -3.00. The van der Waals surface area contributed by atoms with Crippen molar-refractivity contribution in [2.75, 3.05) is 42.6 Å². The zero-order valence-electron chi connectivity index (χ0n) is 11.0. The summed E-state index contributed by atoms with van der Waals surface area (Å²) >= 11 is 0. The van der Waals surface area contributed by atoms with Crippen LogP contribution in [0.3, 0.4) is 0 Å². The van der Waals surface area contributed by atoms with Crippen molar-refractivity contribution in [2.24, 2.45) is 5.41 Å². The molecule has 2 heterocycles. The molecule has 5 nitrogen and oxygen atoms in total. The van der Waals surface area contributed by atoms with Gasteiger partial charge in [0.05, 0.1) is 5.75 Å². The van der Waals surface area contributed by atoms with Gasteiger partial charge in [0.15, 0.2) is 0 Å². The first-order chi connectivity index (χ1) is 8.94. The fourth-order valence-corrected chi connectivity index (χ4v) is 4.22. The number of nitrogens with zero attached hydrogens (tertiary/aromatic N) is 2. The van der Waals surface area contributed by atoms with Crippen molar-refractivity contribution in [1.82, 2.24) is 4.31 Å². The Morgan fingerprint density at radius 3 is 2.26 bits per heavy atom. The zero-order valence-corrected chi connectivity index (χ0v) is 11.9. The van der Waals surface area contributed by atoms with E-state index in [1.165, 1.54) is 0 Å². The van der Waals surface area contributed by atoms with Gasteiger partial charge < -0.3 is 10.6 Å². The maximum absolute atomic E-state index is 11.7. The second-order valence-corrected chi connectivity index (χ2v) is 7.87. The standard InChI is InChI=1S/C13H19N3O2S/c1-2-19(17,18)16-9-13(10-16)7-15(8-13)12-5-3-11(14)4-6-12/h3-6H,2,7-10,14H2,1H3. The van der Waals surface area contributed by atoms with E-state index in [1.54, 1.807) is 11.2 Å². The molecule has 6 heteroatoms. The van der Waals surface area contributed by atoms with Gasteiger partial charge in [-0.3, -0.25) is 0 Å². The highest BCUT2D eigenvalue weighted by Crippen LogP contribution is 2.43. The first-order valence-electron chi connectivity index (χ1n) is 6.52. The van der Waals surface area contributed by atoms with Crippen molar-refractivity contribution >= 4 is 21.4 Å². The van der Waals surface area contributed by atoms with Crippen molar-refractivity contribution in [3.05, 3.63) is 24.3 Å². The number of sulfonamides is 1. The summed E-state index contributed by atoms with van der Waals surface area (Å²) < 4.78 is 25.0. The summed E-state index contributed by atoms with van der Waals surface area (Å²) in [6, 6.07) is 7.83. The van der Waals surface area contributed by atoms with Crippen molar-refractivity contribution in [2.45, 2.75) is 6.92 Å². The summed E-state index contributed by atoms with van der Waals surface area (Å²) in [6.45, 7) is 4.92. The molecule has 104 valence electrons. The second-order valence-electron chi connectivity index (χ2n) is 5.62. The van der Waals surface area contributed by atoms with E-state index >= 15 is 0 Å². The first kappa shape index (κ1) is 12.7. The first-order valence-corrected chi connectivity index (χ1v) is 8.13. The SMILES string of the molecule is CCS(=O)(=O)N1CC2(CN(c3ccc(N)cc3)C2)C1. The largest absolute Gasteiger partial charge is 0.399 e. The van der Waals surface area contributed by atoms with Gasteiger partial charge in [0.2, 0.25) is 10.0 Å². The van der Waals surface area contributed by atoms with E-state index in [4.69, 9.17) is 5.73 Å². The summed E-state index contributed by atoms with van der Waals surface area (Å²) in [5.74, 6) is 0.199. The van der Waals surface area contributed by atoms with Crippen LogP contribution in [0.25, 0.3) is 0 Å². The molecule has 3 rings (SSSR count). The van der Waals surface area contributed by atoms with E-state index in [0.29, 0.717) is 13.1 Å². The van der Waals surface area contributed by atoms with Crippen molar-refractivity contribution in [3.8, 4) is 0 Å². The van der Waals surface area contributed by atoms with Gasteiger partial charge in [-0.25, -0.2) is 12.7 Å². The lowest BCUT2D eigenvalue weighted by molar-refractivity contribution is 0.0396. The fourth-order valence-electron chi connectivity index (χ4n) is 2.91. The number of nitrogen functional groups attached to an aromatic ring is 1. The van der Waals surface area contributed by atoms with E-state index in [2.05, 4.69) is 4.90 Å². The average Bonchev–Trinajstić information content (AvgIpc) is 2.27. The summed E-state index contributed by atoms with van der Waals surface area (Å²) in [4.78, 5) is 2.27. The summed E-state index contributed by atoms with van der Waals surface area (Å²) in [5, 5.41) is 0. The molecule has 2 aliphatic rings. The summed E-state index contributed by atoms with van der Waals surface area (Å²) in [7, 11) is -3.00. The van der Waals surface area contributed by atoms with E-state index in [1.807, 2.05) is 24.3 Å². The van der Waals surface area contributed by atoms with E-state index in [0.717, 1.165) is 24.5 Å². The topological polar surface area (TPSA) is 66.6 Å². The molecule has 0 bridgehead atoms. The molecule has 2 N–H and O–H groups in total. The van der Waals surface area contributed by atoms with Crippen LogP contribution in [0, 0.1) is 5.41 Å². The number of nitrogens with two attached hydrogens (primary N) is 1. The van der Waals surface area contributed by atoms with E-state index in [-0.39, 0.29) is 11.2 Å². The van der Waals surface area contributed by atoms with Crippen LogP contribution in [0.2, 0.25) is 0 Å². The van der Waals surface area contributed by atoms with Gasteiger partial charge in [0.1, 0.15) is 0 Å². The van der Waals surface area contributed by atoms with Gasteiger partial charge in [0.25, 0.3) is 0 Å². The molecule has 1 aromatic rings. The maximum atomic E-state index is 11.7. The van der Waals surface area contributed by atoms with Crippen molar-refractivity contribution < 1.29 is 8.42 Å². The minimum Gasteiger partial charge on any atom is -0.399 e. The van der Waals surface area contributed by atoms with E-state index < -0.39 is 10.0 Å². The Kier molecular flexibility index (Phi) is 2.76. The molecule has 1 spiro atoms. The van der Waals surface area contributed by atoms with Crippen LogP contribution < -0.4 is 10.6 Å². The molecule has 0 unspecified atom stereocenters. The summed E-state index contributed by atoms with van der Waals surface area (Å²) in [5.41, 5.74) is 7.78. The van der Waals surface area contributed by atoms with Crippen LogP contribution in [0.15, 0.2) is 24.3 Å². The number of benzene rings is 1. The number of hydrogen-bond donors (Lipinski definition) is 1. The highest BCUT2D eigenvalue weighted by molar-refractivity contribution is 7.89. The molecule has 2 saturated heterocycles. The quantitative estimate of drug-likeness (QED) is 0.830. The Morgan fingerprint density at radius 1 is 1.16 bits per heavy atom. The van der Waals surface area contributed by atoms with Crippen LogP contribution in [0.5, 0.6) is 0 Å². The van der Waals surface area contributed by atoms with Gasteiger partial charge in [0, 0.05) is 43.0 Å². The third-order valence-electron chi connectivity index (χ3n) is 4.09. The average molecular weight is 281 g/mol. The second kappa shape index (κ2) is 4.11. The number of hydrogen-bond acceptors (Lipinski definition) is 4. The van der Waals surface area contributed by atoms with Crippen LogP contribution >= 0.6 is 0 Å². The van der Waals surface area contributed by atoms with E-state index in [9.17, 15) is 8.42 Å². The Hall–Kier alpha value is -1.27.